The maximum atomic E-state index is 4.55. The Morgan fingerprint density at radius 2 is 2.53 bits per heavy atom. The summed E-state index contributed by atoms with van der Waals surface area (Å²) >= 11 is 1.89. The SMILES string of the molecule is CNCCc1cnc(C2CCN(C)C2)s1. The Morgan fingerprint density at radius 1 is 1.67 bits per heavy atom. The van der Waals surface area contributed by atoms with E-state index in [0.717, 1.165) is 13.0 Å². The van der Waals surface area contributed by atoms with E-state index in [9.17, 15) is 0 Å². The standard InChI is InChI=1S/C11H19N3S/c1-12-5-3-10-7-13-11(15-10)9-4-6-14(2)8-9/h7,9,12H,3-6,8H2,1-2H3. The minimum absolute atomic E-state index is 0.684. The first-order valence-corrected chi connectivity index (χ1v) is 6.39. The number of rotatable bonds is 4. The Labute approximate surface area is 95.5 Å². The molecule has 1 aliphatic rings. The van der Waals surface area contributed by atoms with Crippen molar-refractivity contribution in [3.63, 3.8) is 0 Å². The van der Waals surface area contributed by atoms with Crippen molar-refractivity contribution in [3.8, 4) is 0 Å². The molecule has 3 nitrogen and oxygen atoms in total. The Balaban J connectivity index is 1.94. The fraction of sp³-hybridized carbons (Fsp3) is 0.727. The molecule has 1 N–H and O–H groups in total. The first kappa shape index (κ1) is 11.0. The lowest BCUT2D eigenvalue weighted by molar-refractivity contribution is 0.411. The van der Waals surface area contributed by atoms with Crippen molar-refractivity contribution in [2.45, 2.75) is 18.8 Å². The van der Waals surface area contributed by atoms with Crippen LogP contribution in [0.1, 0.15) is 22.2 Å². The second-order valence-electron chi connectivity index (χ2n) is 4.27. The van der Waals surface area contributed by atoms with Gasteiger partial charge in [-0.05, 0) is 40.0 Å². The van der Waals surface area contributed by atoms with Gasteiger partial charge >= 0.3 is 0 Å². The second-order valence-corrected chi connectivity index (χ2v) is 5.41. The molecule has 84 valence electrons. The van der Waals surface area contributed by atoms with Crippen LogP contribution in [0.15, 0.2) is 6.20 Å². The molecule has 0 saturated carbocycles. The lowest BCUT2D eigenvalue weighted by atomic mass is 10.1. The summed E-state index contributed by atoms with van der Waals surface area (Å²) in [7, 11) is 4.18. The fourth-order valence-electron chi connectivity index (χ4n) is 2.01. The summed E-state index contributed by atoms with van der Waals surface area (Å²) < 4.78 is 0. The molecule has 1 unspecified atom stereocenters. The molecule has 0 radical (unpaired) electrons. The number of nitrogens with zero attached hydrogens (tertiary/aromatic N) is 2. The summed E-state index contributed by atoms with van der Waals surface area (Å²) in [6, 6.07) is 0. The van der Waals surface area contributed by atoms with Gasteiger partial charge in [-0.2, -0.15) is 0 Å². The summed E-state index contributed by atoms with van der Waals surface area (Å²) in [6.45, 7) is 3.45. The van der Waals surface area contributed by atoms with Crippen LogP contribution in [0.5, 0.6) is 0 Å². The zero-order valence-corrected chi connectivity index (χ0v) is 10.3. The van der Waals surface area contributed by atoms with E-state index < -0.39 is 0 Å². The monoisotopic (exact) mass is 225 g/mol. The van der Waals surface area contributed by atoms with E-state index in [1.807, 2.05) is 18.4 Å². The second kappa shape index (κ2) is 5.05. The number of hydrogen-bond acceptors (Lipinski definition) is 4. The highest BCUT2D eigenvalue weighted by Crippen LogP contribution is 2.29. The van der Waals surface area contributed by atoms with Crippen LogP contribution in [-0.2, 0) is 6.42 Å². The summed E-state index contributed by atoms with van der Waals surface area (Å²) in [4.78, 5) is 8.35. The Bertz CT molecular complexity index is 311. The van der Waals surface area contributed by atoms with Crippen LogP contribution in [0, 0.1) is 0 Å². The number of hydrogen-bond donors (Lipinski definition) is 1. The van der Waals surface area contributed by atoms with Crippen molar-refractivity contribution in [2.24, 2.45) is 0 Å². The fourth-order valence-corrected chi connectivity index (χ4v) is 3.05. The number of likely N-dealkylation sites (N-methyl/N-ethyl adjacent to an activating group) is 2. The van der Waals surface area contributed by atoms with E-state index in [1.54, 1.807) is 0 Å². The van der Waals surface area contributed by atoms with E-state index in [4.69, 9.17) is 0 Å². The topological polar surface area (TPSA) is 28.2 Å². The maximum absolute atomic E-state index is 4.55. The smallest absolute Gasteiger partial charge is 0.0971 e. The third-order valence-corrected chi connectivity index (χ3v) is 4.15. The van der Waals surface area contributed by atoms with Crippen molar-refractivity contribution in [2.75, 3.05) is 33.7 Å². The van der Waals surface area contributed by atoms with Crippen molar-refractivity contribution in [1.82, 2.24) is 15.2 Å². The van der Waals surface area contributed by atoms with Gasteiger partial charge in [-0.3, -0.25) is 0 Å². The van der Waals surface area contributed by atoms with Crippen LogP contribution in [0.2, 0.25) is 0 Å². The predicted molar refractivity (Wildman–Crippen MR) is 64.6 cm³/mol. The van der Waals surface area contributed by atoms with Crippen molar-refractivity contribution < 1.29 is 0 Å². The van der Waals surface area contributed by atoms with E-state index in [2.05, 4.69) is 28.4 Å². The largest absolute Gasteiger partial charge is 0.319 e. The zero-order chi connectivity index (χ0) is 10.7. The molecule has 0 spiro atoms. The van der Waals surface area contributed by atoms with Gasteiger partial charge in [-0.1, -0.05) is 0 Å². The van der Waals surface area contributed by atoms with Gasteiger partial charge in [-0.15, -0.1) is 11.3 Å². The van der Waals surface area contributed by atoms with E-state index in [0.29, 0.717) is 5.92 Å². The van der Waals surface area contributed by atoms with Gasteiger partial charge < -0.3 is 10.2 Å². The Kier molecular flexibility index (Phi) is 3.72. The molecule has 0 aromatic carbocycles. The van der Waals surface area contributed by atoms with Crippen molar-refractivity contribution in [1.29, 1.82) is 0 Å². The number of nitrogens with one attached hydrogen (secondary N) is 1. The van der Waals surface area contributed by atoms with Gasteiger partial charge in [0.05, 0.1) is 5.01 Å². The molecule has 2 heterocycles. The van der Waals surface area contributed by atoms with Crippen LogP contribution in [0.3, 0.4) is 0 Å². The third kappa shape index (κ3) is 2.77. The lowest BCUT2D eigenvalue weighted by Crippen LogP contribution is -2.13. The zero-order valence-electron chi connectivity index (χ0n) is 9.49. The molecule has 1 aromatic heterocycles. The number of thiazole rings is 1. The molecule has 0 amide bonds. The predicted octanol–water partition coefficient (Wildman–Crippen LogP) is 1.32. The molecule has 15 heavy (non-hydrogen) atoms. The molecule has 0 bridgehead atoms. The third-order valence-electron chi connectivity index (χ3n) is 2.93. The minimum Gasteiger partial charge on any atom is -0.319 e. The average Bonchev–Trinajstić information content (AvgIpc) is 2.83. The van der Waals surface area contributed by atoms with E-state index in [1.165, 1.54) is 29.4 Å². The van der Waals surface area contributed by atoms with Gasteiger partial charge in [-0.25, -0.2) is 4.98 Å². The van der Waals surface area contributed by atoms with Crippen LogP contribution >= 0.6 is 11.3 Å². The molecule has 1 atom stereocenters. The van der Waals surface area contributed by atoms with Crippen molar-refractivity contribution in [3.05, 3.63) is 16.1 Å². The first-order valence-electron chi connectivity index (χ1n) is 5.57. The van der Waals surface area contributed by atoms with Gasteiger partial charge in [0.15, 0.2) is 0 Å². The van der Waals surface area contributed by atoms with Crippen LogP contribution < -0.4 is 5.32 Å². The minimum atomic E-state index is 0.684. The molecule has 2 rings (SSSR count). The molecule has 1 saturated heterocycles. The van der Waals surface area contributed by atoms with Crippen molar-refractivity contribution >= 4 is 11.3 Å². The highest BCUT2D eigenvalue weighted by Gasteiger charge is 2.23. The van der Waals surface area contributed by atoms with Crippen LogP contribution in [-0.4, -0.2) is 43.6 Å². The highest BCUT2D eigenvalue weighted by atomic mass is 32.1. The molecule has 4 heteroatoms. The Hall–Kier alpha value is -0.450. The van der Waals surface area contributed by atoms with Gasteiger partial charge in [0.25, 0.3) is 0 Å². The average molecular weight is 225 g/mol. The summed E-state index contributed by atoms with van der Waals surface area (Å²) in [5, 5.41) is 4.51. The maximum Gasteiger partial charge on any atom is 0.0971 e. The van der Waals surface area contributed by atoms with Gasteiger partial charge in [0, 0.05) is 23.5 Å². The van der Waals surface area contributed by atoms with E-state index >= 15 is 0 Å². The first-order chi connectivity index (χ1) is 7.29. The van der Waals surface area contributed by atoms with Gasteiger partial charge in [0.2, 0.25) is 0 Å². The summed E-state index contributed by atoms with van der Waals surface area (Å²) in [5.41, 5.74) is 0. The summed E-state index contributed by atoms with van der Waals surface area (Å²) in [6.07, 6.45) is 4.43. The van der Waals surface area contributed by atoms with Crippen LogP contribution in [0.4, 0.5) is 0 Å². The molecular weight excluding hydrogens is 206 g/mol. The lowest BCUT2D eigenvalue weighted by Gasteiger charge is -2.06. The number of aromatic nitrogens is 1. The normalized spacial score (nSPS) is 22.4. The number of likely N-dealkylation sites (tertiary alicyclic amines) is 1. The molecular formula is C11H19N3S. The van der Waals surface area contributed by atoms with E-state index in [-0.39, 0.29) is 0 Å². The molecule has 1 aliphatic heterocycles. The summed E-state index contributed by atoms with van der Waals surface area (Å²) in [5.74, 6) is 0.684. The highest BCUT2D eigenvalue weighted by molar-refractivity contribution is 7.11. The Morgan fingerprint density at radius 3 is 3.20 bits per heavy atom. The van der Waals surface area contributed by atoms with Crippen LogP contribution in [0.25, 0.3) is 0 Å². The molecule has 0 aliphatic carbocycles. The molecule has 1 fully saturated rings. The molecule has 1 aromatic rings. The quantitative estimate of drug-likeness (QED) is 0.838. The van der Waals surface area contributed by atoms with Gasteiger partial charge in [0.1, 0.15) is 0 Å².